The Morgan fingerprint density at radius 1 is 0.750 bits per heavy atom. The highest BCUT2D eigenvalue weighted by Gasteiger charge is 1.93. The number of unbranched alkanes of at least 4 members (excludes halogenated alkanes) is 10. The molecule has 0 saturated heterocycles. The summed E-state index contributed by atoms with van der Waals surface area (Å²) in [5.41, 5.74) is 0. The summed E-state index contributed by atoms with van der Waals surface area (Å²) < 4.78 is 5.33. The molecule has 0 aliphatic rings. The first-order valence-electron chi connectivity index (χ1n) is 6.89. The maximum atomic E-state index is 5.33. The summed E-state index contributed by atoms with van der Waals surface area (Å²) in [5.74, 6) is 0. The van der Waals surface area contributed by atoms with Gasteiger partial charge in [0.05, 0.1) is 0 Å². The minimum Gasteiger partial charge on any atom is -0.407 e. The molecule has 16 heavy (non-hydrogen) atoms. The van der Waals surface area contributed by atoms with E-state index in [-0.39, 0.29) is 0 Å². The first-order valence-corrected chi connectivity index (χ1v) is 10.9. The Morgan fingerprint density at radius 3 is 1.62 bits per heavy atom. The molecule has 0 amide bonds. The van der Waals surface area contributed by atoms with Crippen LogP contribution in [0.25, 0.3) is 0 Å². The molecule has 0 aromatic carbocycles. The van der Waals surface area contributed by atoms with E-state index in [1.165, 1.54) is 70.6 Å². The van der Waals surface area contributed by atoms with Crippen LogP contribution >= 0.6 is 21.8 Å². The number of halogens is 1. The molecule has 0 aromatic rings. The molecule has 3 heteroatoms. The molecule has 0 aliphatic heterocycles. The van der Waals surface area contributed by atoms with E-state index in [1.54, 1.807) is 0 Å². The van der Waals surface area contributed by atoms with Crippen LogP contribution in [0.3, 0.4) is 0 Å². The molecular formula is C13H27IOSi. The summed E-state index contributed by atoms with van der Waals surface area (Å²) in [6.45, 7) is 3.25. The second-order valence-electron chi connectivity index (χ2n) is 4.46. The average Bonchev–Trinajstić information content (AvgIpc) is 2.31. The maximum Gasteiger partial charge on any atom is 0.315 e. The fraction of sp³-hybridized carbons (Fsp3) is 1.00. The van der Waals surface area contributed by atoms with Gasteiger partial charge in [-0.2, -0.15) is 0 Å². The molecule has 0 fully saturated rings. The van der Waals surface area contributed by atoms with Crippen molar-refractivity contribution in [1.82, 2.24) is 0 Å². The summed E-state index contributed by atoms with van der Waals surface area (Å²) in [4.78, 5) is 0. The van der Waals surface area contributed by atoms with E-state index in [2.05, 4.69) is 28.7 Å². The van der Waals surface area contributed by atoms with Gasteiger partial charge in [0.15, 0.2) is 0 Å². The Hall–Kier alpha value is 0.907. The van der Waals surface area contributed by atoms with Crippen molar-refractivity contribution in [1.29, 1.82) is 0 Å². The zero-order valence-corrected chi connectivity index (χ0v) is 13.9. The zero-order chi connectivity index (χ0) is 11.9. The molecule has 0 aliphatic carbocycles. The monoisotopic (exact) mass is 354 g/mol. The molecule has 1 nitrogen and oxygen atoms in total. The van der Waals surface area contributed by atoms with Gasteiger partial charge in [-0.25, -0.2) is 0 Å². The Labute approximate surface area is 117 Å². The Morgan fingerprint density at radius 2 is 1.19 bits per heavy atom. The van der Waals surface area contributed by atoms with E-state index in [4.69, 9.17) is 4.43 Å². The maximum absolute atomic E-state index is 5.33. The average molecular weight is 354 g/mol. The van der Waals surface area contributed by atoms with Gasteiger partial charge in [-0.1, -0.05) is 92.9 Å². The van der Waals surface area contributed by atoms with Crippen molar-refractivity contribution in [3.05, 3.63) is 0 Å². The molecule has 0 saturated carbocycles. The van der Waals surface area contributed by atoms with Gasteiger partial charge in [0.25, 0.3) is 0 Å². The SMILES string of the molecule is CCCCCCCCCCCCCO[Si]I. The molecule has 0 aromatic heterocycles. The molecular weight excluding hydrogens is 327 g/mol. The van der Waals surface area contributed by atoms with Crippen molar-refractivity contribution in [3.63, 3.8) is 0 Å². The van der Waals surface area contributed by atoms with Crippen molar-refractivity contribution in [2.24, 2.45) is 0 Å². The predicted octanol–water partition coefficient (Wildman–Crippen LogP) is 5.28. The molecule has 0 unspecified atom stereocenters. The van der Waals surface area contributed by atoms with Gasteiger partial charge in [-0.15, -0.1) is 0 Å². The molecule has 0 heterocycles. The lowest BCUT2D eigenvalue weighted by molar-refractivity contribution is 0.331. The van der Waals surface area contributed by atoms with Crippen molar-refractivity contribution in [2.75, 3.05) is 6.61 Å². The topological polar surface area (TPSA) is 9.23 Å². The molecule has 0 rings (SSSR count). The van der Waals surface area contributed by atoms with Gasteiger partial charge in [0.2, 0.25) is 0 Å². The van der Waals surface area contributed by atoms with Crippen molar-refractivity contribution >= 4 is 29.1 Å². The highest BCUT2D eigenvalue weighted by Crippen LogP contribution is 2.11. The van der Waals surface area contributed by atoms with Gasteiger partial charge in [0, 0.05) is 6.61 Å². The fourth-order valence-corrected chi connectivity index (χ4v) is 2.76. The fourth-order valence-electron chi connectivity index (χ4n) is 1.88. The van der Waals surface area contributed by atoms with Gasteiger partial charge < -0.3 is 4.43 Å². The van der Waals surface area contributed by atoms with Crippen LogP contribution in [0.1, 0.15) is 77.6 Å². The summed E-state index contributed by atoms with van der Waals surface area (Å²) in [6.07, 6.45) is 15.5. The first kappa shape index (κ1) is 16.9. The van der Waals surface area contributed by atoms with Crippen LogP contribution in [-0.4, -0.2) is 13.9 Å². The van der Waals surface area contributed by atoms with E-state index in [0.717, 1.165) is 6.61 Å². The van der Waals surface area contributed by atoms with E-state index < -0.39 is 0 Å². The largest absolute Gasteiger partial charge is 0.407 e. The molecule has 0 spiro atoms. The van der Waals surface area contributed by atoms with Crippen LogP contribution in [0, 0.1) is 0 Å². The third-order valence-electron chi connectivity index (χ3n) is 2.90. The van der Waals surface area contributed by atoms with E-state index in [9.17, 15) is 0 Å². The van der Waals surface area contributed by atoms with E-state index in [0.29, 0.717) is 7.26 Å². The van der Waals surface area contributed by atoms with Gasteiger partial charge >= 0.3 is 7.26 Å². The summed E-state index contributed by atoms with van der Waals surface area (Å²) in [5, 5.41) is 0. The van der Waals surface area contributed by atoms with Gasteiger partial charge in [-0.05, 0) is 6.42 Å². The van der Waals surface area contributed by atoms with Crippen LogP contribution in [0.15, 0.2) is 0 Å². The normalized spacial score (nSPS) is 10.9. The summed E-state index contributed by atoms with van der Waals surface area (Å²) >= 11 is 2.29. The molecule has 2 radical (unpaired) electrons. The predicted molar refractivity (Wildman–Crippen MR) is 82.2 cm³/mol. The molecule has 0 bridgehead atoms. The minimum absolute atomic E-state index is 0.639. The third kappa shape index (κ3) is 14.9. The van der Waals surface area contributed by atoms with Crippen molar-refractivity contribution in [2.45, 2.75) is 77.6 Å². The summed E-state index contributed by atoms with van der Waals surface area (Å²) in [7, 11) is 0.639. The second kappa shape index (κ2) is 15.9. The minimum atomic E-state index is 0.639. The Bertz CT molecular complexity index is 109. The zero-order valence-electron chi connectivity index (χ0n) is 10.8. The Kier molecular flexibility index (Phi) is 16.8. The number of rotatable bonds is 13. The van der Waals surface area contributed by atoms with Gasteiger partial charge in [-0.3, -0.25) is 0 Å². The molecule has 0 N–H and O–H groups in total. The quantitative estimate of drug-likeness (QED) is 0.189. The standard InChI is InChI=1S/C13H27IOSi/c1-2-3-4-5-6-7-8-9-10-11-12-13-15-16-14/h2-13H2,1H3. The van der Waals surface area contributed by atoms with Crippen LogP contribution in [0.2, 0.25) is 0 Å². The van der Waals surface area contributed by atoms with Crippen LogP contribution in [-0.2, 0) is 4.43 Å². The Balaban J connectivity index is 2.83. The number of hydrogen-bond donors (Lipinski definition) is 0. The third-order valence-corrected chi connectivity index (χ3v) is 4.15. The molecule has 96 valence electrons. The second-order valence-corrected chi connectivity index (χ2v) is 6.23. The highest BCUT2D eigenvalue weighted by molar-refractivity contribution is 14.1. The highest BCUT2D eigenvalue weighted by atomic mass is 127. The van der Waals surface area contributed by atoms with E-state index in [1.807, 2.05) is 0 Å². The molecule has 0 atom stereocenters. The van der Waals surface area contributed by atoms with Crippen LogP contribution < -0.4 is 0 Å². The first-order chi connectivity index (χ1) is 7.91. The van der Waals surface area contributed by atoms with Crippen LogP contribution in [0.4, 0.5) is 0 Å². The van der Waals surface area contributed by atoms with Crippen LogP contribution in [0.5, 0.6) is 0 Å². The van der Waals surface area contributed by atoms with Gasteiger partial charge in [0.1, 0.15) is 0 Å². The lowest BCUT2D eigenvalue weighted by Gasteiger charge is -2.02. The number of hydrogen-bond acceptors (Lipinski definition) is 1. The van der Waals surface area contributed by atoms with Crippen molar-refractivity contribution < 1.29 is 4.43 Å². The lowest BCUT2D eigenvalue weighted by atomic mass is 10.1. The van der Waals surface area contributed by atoms with Crippen molar-refractivity contribution in [3.8, 4) is 0 Å². The summed E-state index contributed by atoms with van der Waals surface area (Å²) in [6, 6.07) is 0. The smallest absolute Gasteiger partial charge is 0.315 e. The van der Waals surface area contributed by atoms with E-state index >= 15 is 0 Å². The lowest BCUT2D eigenvalue weighted by Crippen LogP contribution is -1.93.